The van der Waals surface area contributed by atoms with E-state index in [9.17, 15) is 9.59 Å². The Hall–Kier alpha value is -3.74. The lowest BCUT2D eigenvalue weighted by Crippen LogP contribution is -2.10. The molecule has 2 aromatic carbocycles. The topological polar surface area (TPSA) is 80.3 Å². The first-order valence-corrected chi connectivity index (χ1v) is 15.0. The van der Waals surface area contributed by atoms with Crippen LogP contribution >= 0.6 is 0 Å². The lowest BCUT2D eigenvalue weighted by Gasteiger charge is -2.14. The summed E-state index contributed by atoms with van der Waals surface area (Å²) in [5.74, 6) is 1.09. The van der Waals surface area contributed by atoms with E-state index in [1.54, 1.807) is 24.3 Å². The molecule has 2 aromatic rings. The van der Waals surface area contributed by atoms with E-state index in [0.717, 1.165) is 44.9 Å². The molecular formula is C35H48O7. The Morgan fingerprint density at radius 1 is 0.619 bits per heavy atom. The number of unbranched alkanes of at least 4 members (excludes halogenated alkanes) is 8. The number of rotatable bonds is 21. The fourth-order valence-corrected chi connectivity index (χ4v) is 4.53. The number of methoxy groups -OCH3 is 4. The molecule has 7 heteroatoms. The molecule has 0 unspecified atom stereocenters. The van der Waals surface area contributed by atoms with Gasteiger partial charge in [0.05, 0.1) is 28.4 Å². The third-order valence-corrected chi connectivity index (χ3v) is 6.91. The third-order valence-electron chi connectivity index (χ3n) is 6.91. The van der Waals surface area contributed by atoms with Gasteiger partial charge in [-0.2, -0.15) is 0 Å². The van der Waals surface area contributed by atoms with Gasteiger partial charge in [-0.15, -0.1) is 0 Å². The summed E-state index contributed by atoms with van der Waals surface area (Å²) in [7, 11) is 5.98. The normalized spacial score (nSPS) is 11.2. The molecule has 0 spiro atoms. The molecule has 42 heavy (non-hydrogen) atoms. The number of ether oxygens (including phenoxy) is 5. The minimum Gasteiger partial charge on any atom is -0.493 e. The van der Waals surface area contributed by atoms with Crippen LogP contribution in [-0.4, -0.2) is 40.2 Å². The van der Waals surface area contributed by atoms with E-state index < -0.39 is 0 Å². The van der Waals surface area contributed by atoms with E-state index in [-0.39, 0.29) is 17.5 Å². The summed E-state index contributed by atoms with van der Waals surface area (Å²) in [4.78, 5) is 25.9. The molecule has 0 atom stereocenters. The van der Waals surface area contributed by atoms with Gasteiger partial charge in [-0.3, -0.25) is 9.59 Å². The summed E-state index contributed by atoms with van der Waals surface area (Å²) in [5.41, 5.74) is 0.682. The van der Waals surface area contributed by atoms with Gasteiger partial charge in [-0.25, -0.2) is 0 Å². The van der Waals surface area contributed by atoms with E-state index in [2.05, 4.69) is 31.2 Å². The molecule has 0 aliphatic carbocycles. The molecular weight excluding hydrogens is 532 g/mol. The van der Waals surface area contributed by atoms with Gasteiger partial charge in [0.25, 0.3) is 0 Å². The zero-order chi connectivity index (χ0) is 30.6. The molecule has 0 aliphatic rings. The third kappa shape index (κ3) is 11.6. The number of carbonyl (C=O) groups is 2. The summed E-state index contributed by atoms with van der Waals surface area (Å²) >= 11 is 0. The molecule has 0 heterocycles. The lowest BCUT2D eigenvalue weighted by molar-refractivity contribution is -0.134. The molecule has 0 bridgehead atoms. The predicted molar refractivity (Wildman–Crippen MR) is 168 cm³/mol. The van der Waals surface area contributed by atoms with Crippen molar-refractivity contribution in [3.63, 3.8) is 0 Å². The summed E-state index contributed by atoms with van der Waals surface area (Å²) < 4.78 is 27.1. The van der Waals surface area contributed by atoms with Crippen LogP contribution in [0.4, 0.5) is 0 Å². The average Bonchev–Trinajstić information content (AvgIpc) is 3.01. The number of hydrogen-bond acceptors (Lipinski definition) is 7. The molecule has 0 radical (unpaired) electrons. The summed E-state index contributed by atoms with van der Waals surface area (Å²) in [5, 5.41) is 0. The minimum absolute atomic E-state index is 0.211. The van der Waals surface area contributed by atoms with Gasteiger partial charge in [0.1, 0.15) is 0 Å². The smallest absolute Gasteiger partial charge is 0.311 e. The van der Waals surface area contributed by atoms with E-state index >= 15 is 0 Å². The summed E-state index contributed by atoms with van der Waals surface area (Å²) in [6.07, 6.45) is 21.6. The van der Waals surface area contributed by atoms with Crippen LogP contribution in [0, 0.1) is 0 Å². The van der Waals surface area contributed by atoms with Gasteiger partial charge in [-0.05, 0) is 68.9 Å². The van der Waals surface area contributed by atoms with E-state index in [1.807, 2.05) is 0 Å². The Morgan fingerprint density at radius 3 is 1.79 bits per heavy atom. The van der Waals surface area contributed by atoms with Gasteiger partial charge in [-0.1, -0.05) is 63.3 Å². The van der Waals surface area contributed by atoms with E-state index in [1.165, 1.54) is 60.2 Å². The Bertz CT molecular complexity index is 1140. The molecule has 0 aliphatic heterocycles. The van der Waals surface area contributed by atoms with Crippen LogP contribution in [0.15, 0.2) is 54.6 Å². The first-order chi connectivity index (χ1) is 20.5. The molecule has 0 aromatic heterocycles. The van der Waals surface area contributed by atoms with Crippen molar-refractivity contribution in [3.8, 4) is 28.7 Å². The number of benzene rings is 2. The summed E-state index contributed by atoms with van der Waals surface area (Å²) in [6, 6.07) is 7.94. The Labute approximate surface area is 251 Å². The number of ketones is 1. The zero-order valence-electron chi connectivity index (χ0n) is 26.0. The molecule has 7 nitrogen and oxygen atoms in total. The maximum atomic E-state index is 13.3. The van der Waals surface area contributed by atoms with Crippen molar-refractivity contribution >= 4 is 11.8 Å². The van der Waals surface area contributed by atoms with Gasteiger partial charge in [0.15, 0.2) is 28.8 Å². The molecule has 0 amide bonds. The molecule has 0 saturated carbocycles. The van der Waals surface area contributed by atoms with Crippen LogP contribution in [0.2, 0.25) is 0 Å². The maximum absolute atomic E-state index is 13.3. The van der Waals surface area contributed by atoms with Gasteiger partial charge < -0.3 is 23.7 Å². The fraction of sp³-hybridized carbons (Fsp3) is 0.486. The summed E-state index contributed by atoms with van der Waals surface area (Å²) in [6.45, 7) is 2.23. The monoisotopic (exact) mass is 580 g/mol. The second-order valence-corrected chi connectivity index (χ2v) is 10.1. The van der Waals surface area contributed by atoms with Crippen molar-refractivity contribution in [2.45, 2.75) is 84.0 Å². The van der Waals surface area contributed by atoms with Crippen LogP contribution in [0.5, 0.6) is 28.7 Å². The molecule has 2 rings (SSSR count). The fourth-order valence-electron chi connectivity index (χ4n) is 4.53. The highest BCUT2D eigenvalue weighted by Gasteiger charge is 2.20. The second-order valence-electron chi connectivity index (χ2n) is 10.1. The average molecular weight is 581 g/mol. The van der Waals surface area contributed by atoms with Crippen LogP contribution in [0.25, 0.3) is 0 Å². The highest BCUT2D eigenvalue weighted by Crippen LogP contribution is 2.39. The lowest BCUT2D eigenvalue weighted by atomic mass is 10.0. The van der Waals surface area contributed by atoms with Crippen LogP contribution in [0.3, 0.4) is 0 Å². The molecule has 0 saturated heterocycles. The number of carbonyl (C=O) groups excluding carboxylic acids is 2. The zero-order valence-corrected chi connectivity index (χ0v) is 26.0. The van der Waals surface area contributed by atoms with Gasteiger partial charge in [0.2, 0.25) is 5.75 Å². The van der Waals surface area contributed by atoms with Crippen molar-refractivity contribution in [1.82, 2.24) is 0 Å². The highest BCUT2D eigenvalue weighted by atomic mass is 16.6. The Morgan fingerprint density at radius 2 is 1.19 bits per heavy atom. The standard InChI is InChI=1S/C35H48O7/c1-6-7-8-9-10-11-12-13-14-15-16-17-18-19-20-21-33(36)42-30-24-27(22-23-29(30)38-2)34(37)28-25-31(39-3)35(41-5)32(26-28)40-4/h10-11,13-14,22-26H,6-9,12,15-21H2,1-5H3/b11-10-,14-13-. The minimum atomic E-state index is -0.351. The predicted octanol–water partition coefficient (Wildman–Crippen LogP) is 8.67. The first kappa shape index (κ1) is 34.5. The van der Waals surface area contributed by atoms with Crippen molar-refractivity contribution in [3.05, 3.63) is 65.8 Å². The SMILES string of the molecule is CCCCC/C=C\C/C=C\CCCCCCCC(=O)Oc1cc(C(=O)c2cc(OC)c(OC)c(OC)c2)ccc1OC. The quantitative estimate of drug-likeness (QED) is 0.0480. The second kappa shape index (κ2) is 20.2. The number of esters is 1. The van der Waals surface area contributed by atoms with Crippen LogP contribution < -0.4 is 23.7 Å². The molecule has 230 valence electrons. The van der Waals surface area contributed by atoms with Crippen molar-refractivity contribution in [2.75, 3.05) is 28.4 Å². The van der Waals surface area contributed by atoms with E-state index in [0.29, 0.717) is 40.5 Å². The van der Waals surface area contributed by atoms with Gasteiger partial charge in [0, 0.05) is 17.5 Å². The van der Waals surface area contributed by atoms with E-state index in [4.69, 9.17) is 23.7 Å². The molecule has 0 fully saturated rings. The Balaban J connectivity index is 1.81. The molecule has 0 N–H and O–H groups in total. The van der Waals surface area contributed by atoms with Crippen LogP contribution in [0.1, 0.15) is 99.9 Å². The number of hydrogen-bond donors (Lipinski definition) is 0. The van der Waals surface area contributed by atoms with Crippen molar-refractivity contribution in [2.24, 2.45) is 0 Å². The van der Waals surface area contributed by atoms with Gasteiger partial charge >= 0.3 is 5.97 Å². The first-order valence-electron chi connectivity index (χ1n) is 15.0. The largest absolute Gasteiger partial charge is 0.493 e. The van der Waals surface area contributed by atoms with Crippen LogP contribution in [-0.2, 0) is 4.79 Å². The van der Waals surface area contributed by atoms with Crippen molar-refractivity contribution in [1.29, 1.82) is 0 Å². The maximum Gasteiger partial charge on any atom is 0.311 e. The number of allylic oxidation sites excluding steroid dienone is 4. The van der Waals surface area contributed by atoms with Crippen molar-refractivity contribution < 1.29 is 33.3 Å². The highest BCUT2D eigenvalue weighted by molar-refractivity contribution is 6.10. The Kier molecular flexibility index (Phi) is 16.6.